The minimum atomic E-state index is -0.818. The first-order valence-electron chi connectivity index (χ1n) is 4.05. The molecule has 2 heterocycles. The van der Waals surface area contributed by atoms with E-state index < -0.39 is 11.9 Å². The van der Waals surface area contributed by atoms with Gasteiger partial charge in [-0.2, -0.15) is 5.10 Å². The molecule has 0 amide bonds. The van der Waals surface area contributed by atoms with Crippen LogP contribution in [0.1, 0.15) is 12.2 Å². The van der Waals surface area contributed by atoms with Crippen LogP contribution in [0.4, 0.5) is 0 Å². The molecular weight excluding hydrogens is 174 g/mol. The Hall–Kier alpha value is -1.59. The highest BCUT2D eigenvalue weighted by atomic mass is 16.4. The standard InChI is InChI=1S/C7H9N3O3/c11-6(12)4-1-2-10-5(3-4)8-9-7(10)13/h4H,1-3H2,(H,9,13)(H,11,12). The first-order chi connectivity index (χ1) is 6.18. The van der Waals surface area contributed by atoms with Crippen LogP contribution in [-0.4, -0.2) is 25.8 Å². The van der Waals surface area contributed by atoms with Gasteiger partial charge in [-0.3, -0.25) is 9.36 Å². The van der Waals surface area contributed by atoms with Gasteiger partial charge in [0.2, 0.25) is 0 Å². The average molecular weight is 183 g/mol. The molecule has 1 aliphatic rings. The van der Waals surface area contributed by atoms with E-state index in [1.807, 2.05) is 0 Å². The van der Waals surface area contributed by atoms with E-state index in [1.54, 1.807) is 0 Å². The van der Waals surface area contributed by atoms with Crippen LogP contribution < -0.4 is 5.69 Å². The molecule has 6 heteroatoms. The molecule has 0 radical (unpaired) electrons. The summed E-state index contributed by atoms with van der Waals surface area (Å²) in [6.07, 6.45) is 0.843. The molecular formula is C7H9N3O3. The van der Waals surface area contributed by atoms with Crippen molar-refractivity contribution in [3.8, 4) is 0 Å². The summed E-state index contributed by atoms with van der Waals surface area (Å²) in [7, 11) is 0. The fraction of sp³-hybridized carbons (Fsp3) is 0.571. The van der Waals surface area contributed by atoms with Gasteiger partial charge in [0.15, 0.2) is 0 Å². The Bertz CT molecular complexity index is 392. The Morgan fingerprint density at radius 2 is 2.46 bits per heavy atom. The number of nitrogens with one attached hydrogen (secondary N) is 1. The highest BCUT2D eigenvalue weighted by Crippen LogP contribution is 2.16. The van der Waals surface area contributed by atoms with Crippen molar-refractivity contribution in [2.24, 2.45) is 5.92 Å². The SMILES string of the molecule is O=C(O)C1CCn2c(n[nH]c2=O)C1. The number of hydrogen-bond donors (Lipinski definition) is 2. The molecule has 2 rings (SSSR count). The van der Waals surface area contributed by atoms with Crippen molar-refractivity contribution in [1.29, 1.82) is 0 Å². The lowest BCUT2D eigenvalue weighted by atomic mass is 9.98. The maximum atomic E-state index is 11.0. The summed E-state index contributed by atoms with van der Waals surface area (Å²) in [6.45, 7) is 0.446. The first-order valence-corrected chi connectivity index (χ1v) is 4.05. The van der Waals surface area contributed by atoms with Crippen LogP contribution in [0.25, 0.3) is 0 Å². The van der Waals surface area contributed by atoms with Crippen molar-refractivity contribution in [2.75, 3.05) is 0 Å². The highest BCUT2D eigenvalue weighted by molar-refractivity contribution is 5.70. The van der Waals surface area contributed by atoms with Gasteiger partial charge < -0.3 is 5.11 Å². The number of aliphatic carboxylic acids is 1. The molecule has 1 atom stereocenters. The van der Waals surface area contributed by atoms with Gasteiger partial charge in [-0.15, -0.1) is 0 Å². The smallest absolute Gasteiger partial charge is 0.343 e. The predicted octanol–water partition coefficient (Wildman–Crippen LogP) is -0.782. The van der Waals surface area contributed by atoms with E-state index in [1.165, 1.54) is 4.57 Å². The topological polar surface area (TPSA) is 88.0 Å². The van der Waals surface area contributed by atoms with Crippen LogP contribution in [0, 0.1) is 5.92 Å². The third-order valence-corrected chi connectivity index (χ3v) is 2.32. The van der Waals surface area contributed by atoms with Gasteiger partial charge in [-0.25, -0.2) is 9.89 Å². The molecule has 1 aromatic heterocycles. The molecule has 0 aliphatic carbocycles. The number of carbonyl (C=O) groups is 1. The van der Waals surface area contributed by atoms with Gasteiger partial charge in [0.25, 0.3) is 0 Å². The van der Waals surface area contributed by atoms with Crippen molar-refractivity contribution in [2.45, 2.75) is 19.4 Å². The Morgan fingerprint density at radius 1 is 1.69 bits per heavy atom. The van der Waals surface area contributed by atoms with Crippen LogP contribution >= 0.6 is 0 Å². The molecule has 1 aromatic rings. The first kappa shape index (κ1) is 8.03. The molecule has 1 unspecified atom stereocenters. The number of carboxylic acid groups (broad SMARTS) is 1. The molecule has 6 nitrogen and oxygen atoms in total. The maximum Gasteiger partial charge on any atom is 0.343 e. The number of aromatic amines is 1. The van der Waals surface area contributed by atoms with Crippen molar-refractivity contribution in [3.05, 3.63) is 16.3 Å². The second-order valence-electron chi connectivity index (χ2n) is 3.12. The summed E-state index contributed by atoms with van der Waals surface area (Å²) in [6, 6.07) is 0. The molecule has 70 valence electrons. The van der Waals surface area contributed by atoms with Crippen LogP contribution in [0.3, 0.4) is 0 Å². The van der Waals surface area contributed by atoms with Crippen LogP contribution in [0.15, 0.2) is 4.79 Å². The third-order valence-electron chi connectivity index (χ3n) is 2.32. The fourth-order valence-electron chi connectivity index (χ4n) is 1.55. The second kappa shape index (κ2) is 2.72. The van der Waals surface area contributed by atoms with Crippen molar-refractivity contribution in [3.63, 3.8) is 0 Å². The van der Waals surface area contributed by atoms with Gasteiger partial charge in [0.1, 0.15) is 5.82 Å². The summed E-state index contributed by atoms with van der Waals surface area (Å²) >= 11 is 0. The van der Waals surface area contributed by atoms with Crippen molar-refractivity contribution < 1.29 is 9.90 Å². The minimum Gasteiger partial charge on any atom is -0.481 e. The molecule has 0 fully saturated rings. The van der Waals surface area contributed by atoms with E-state index in [2.05, 4.69) is 10.2 Å². The zero-order valence-electron chi connectivity index (χ0n) is 6.86. The summed E-state index contributed by atoms with van der Waals surface area (Å²) in [5.74, 6) is -0.673. The molecule has 0 bridgehead atoms. The van der Waals surface area contributed by atoms with Gasteiger partial charge in [0.05, 0.1) is 5.92 Å². The molecule has 0 spiro atoms. The molecule has 2 N–H and O–H groups in total. The van der Waals surface area contributed by atoms with E-state index in [0.717, 1.165) is 0 Å². The number of rotatable bonds is 1. The lowest BCUT2D eigenvalue weighted by Gasteiger charge is -2.17. The van der Waals surface area contributed by atoms with Crippen LogP contribution in [-0.2, 0) is 17.8 Å². The van der Waals surface area contributed by atoms with E-state index >= 15 is 0 Å². The number of hydrogen-bond acceptors (Lipinski definition) is 3. The number of fused-ring (bicyclic) bond motifs is 1. The highest BCUT2D eigenvalue weighted by Gasteiger charge is 2.26. The van der Waals surface area contributed by atoms with E-state index in [-0.39, 0.29) is 5.69 Å². The zero-order chi connectivity index (χ0) is 9.42. The van der Waals surface area contributed by atoms with E-state index in [4.69, 9.17) is 5.11 Å². The zero-order valence-corrected chi connectivity index (χ0v) is 6.86. The van der Waals surface area contributed by atoms with Crippen molar-refractivity contribution >= 4 is 5.97 Å². The minimum absolute atomic E-state index is 0.251. The van der Waals surface area contributed by atoms with Gasteiger partial charge in [0, 0.05) is 13.0 Å². The predicted molar refractivity (Wildman–Crippen MR) is 42.3 cm³/mol. The molecule has 0 saturated carbocycles. The van der Waals surface area contributed by atoms with Crippen LogP contribution in [0.2, 0.25) is 0 Å². The fourth-order valence-corrected chi connectivity index (χ4v) is 1.55. The Balaban J connectivity index is 2.30. The van der Waals surface area contributed by atoms with Gasteiger partial charge in [-0.1, -0.05) is 0 Å². The molecule has 1 aliphatic heterocycles. The Morgan fingerprint density at radius 3 is 3.15 bits per heavy atom. The number of nitrogens with zero attached hydrogens (tertiary/aromatic N) is 2. The lowest BCUT2D eigenvalue weighted by Crippen LogP contribution is -2.30. The summed E-state index contributed by atoms with van der Waals surface area (Å²) < 4.78 is 1.49. The molecule has 13 heavy (non-hydrogen) atoms. The van der Waals surface area contributed by atoms with Crippen LogP contribution in [0.5, 0.6) is 0 Å². The van der Waals surface area contributed by atoms with Crippen molar-refractivity contribution in [1.82, 2.24) is 14.8 Å². The second-order valence-corrected chi connectivity index (χ2v) is 3.12. The Kier molecular flexibility index (Phi) is 1.68. The number of H-pyrrole nitrogens is 1. The third kappa shape index (κ3) is 1.24. The normalized spacial score (nSPS) is 21.1. The van der Waals surface area contributed by atoms with E-state index in [9.17, 15) is 9.59 Å². The van der Waals surface area contributed by atoms with E-state index in [0.29, 0.717) is 25.2 Å². The number of aromatic nitrogens is 3. The monoisotopic (exact) mass is 183 g/mol. The van der Waals surface area contributed by atoms with Gasteiger partial charge >= 0.3 is 11.7 Å². The maximum absolute atomic E-state index is 11.0. The summed E-state index contributed by atoms with van der Waals surface area (Å²) in [5, 5.41) is 14.8. The quantitative estimate of drug-likeness (QED) is 0.597. The largest absolute Gasteiger partial charge is 0.481 e. The average Bonchev–Trinajstić information content (AvgIpc) is 2.47. The molecule has 0 saturated heterocycles. The van der Waals surface area contributed by atoms with Gasteiger partial charge in [-0.05, 0) is 6.42 Å². The molecule has 0 aromatic carbocycles. The number of carboxylic acids is 1. The lowest BCUT2D eigenvalue weighted by molar-refractivity contribution is -0.142. The Labute approximate surface area is 73.2 Å². The summed E-state index contributed by atoms with van der Waals surface area (Å²) in [5.41, 5.74) is -0.251. The summed E-state index contributed by atoms with van der Waals surface area (Å²) in [4.78, 5) is 21.7.